The molecule has 1 aromatic rings. The Hall–Kier alpha value is -0.770. The van der Waals surface area contributed by atoms with Crippen LogP contribution in [0.1, 0.15) is 19.3 Å². The van der Waals surface area contributed by atoms with Gasteiger partial charge in [-0.25, -0.2) is 8.42 Å². The van der Waals surface area contributed by atoms with Crippen molar-refractivity contribution in [3.63, 3.8) is 0 Å². The predicted octanol–water partition coefficient (Wildman–Crippen LogP) is -0.0966. The van der Waals surface area contributed by atoms with Crippen LogP contribution in [0.3, 0.4) is 0 Å². The number of rotatable bonds is 4. The Labute approximate surface area is 110 Å². The van der Waals surface area contributed by atoms with Gasteiger partial charge in [0.15, 0.2) is 0 Å². The Morgan fingerprint density at radius 2 is 2.28 bits per heavy atom. The summed E-state index contributed by atoms with van der Waals surface area (Å²) in [5, 5.41) is 16.2. The van der Waals surface area contributed by atoms with Gasteiger partial charge in [0, 0.05) is 19.7 Å². The molecule has 0 amide bonds. The van der Waals surface area contributed by atoms with Crippen LogP contribution in [0.4, 0.5) is 5.13 Å². The molecule has 0 aromatic carbocycles. The Kier molecular flexibility index (Phi) is 4.15. The second kappa shape index (κ2) is 5.47. The summed E-state index contributed by atoms with van der Waals surface area (Å²) in [4.78, 5) is 0. The summed E-state index contributed by atoms with van der Waals surface area (Å²) in [7, 11) is -3.58. The summed E-state index contributed by atoms with van der Waals surface area (Å²) in [5.74, 6) is 0.212. The normalized spacial score (nSPS) is 22.2. The fraction of sp³-hybridized carbons (Fsp3) is 0.778. The van der Waals surface area contributed by atoms with Gasteiger partial charge in [-0.15, -0.1) is 10.2 Å². The average molecular weight is 292 g/mol. The summed E-state index contributed by atoms with van der Waals surface area (Å²) >= 11 is 0.879. The van der Waals surface area contributed by atoms with Crippen LogP contribution in [0.25, 0.3) is 0 Å². The highest BCUT2D eigenvalue weighted by Crippen LogP contribution is 2.27. The summed E-state index contributed by atoms with van der Waals surface area (Å²) in [6.07, 6.45) is 2.38. The van der Waals surface area contributed by atoms with E-state index in [4.69, 9.17) is 10.8 Å². The Balaban J connectivity index is 2.15. The minimum absolute atomic E-state index is 0.0513. The van der Waals surface area contributed by atoms with Gasteiger partial charge in [-0.2, -0.15) is 4.31 Å². The molecule has 2 heterocycles. The van der Waals surface area contributed by atoms with E-state index >= 15 is 0 Å². The van der Waals surface area contributed by atoms with Crippen molar-refractivity contribution in [2.24, 2.45) is 5.92 Å². The molecule has 1 saturated heterocycles. The molecule has 1 aliphatic rings. The average Bonchev–Trinajstić information content (AvgIpc) is 2.77. The number of hydrogen-bond donors (Lipinski definition) is 2. The van der Waals surface area contributed by atoms with E-state index < -0.39 is 10.0 Å². The number of anilines is 1. The largest absolute Gasteiger partial charge is 0.396 e. The standard InChI is InChI=1S/C9H16N4O3S2/c10-8-11-12-9(17-8)18(15,16)13-4-1-2-7(6-13)3-5-14/h7,14H,1-6H2,(H2,10,11). The zero-order chi connectivity index (χ0) is 13.2. The van der Waals surface area contributed by atoms with E-state index in [2.05, 4.69) is 10.2 Å². The number of nitrogen functional groups attached to an aromatic ring is 1. The first-order valence-electron chi connectivity index (χ1n) is 5.74. The topological polar surface area (TPSA) is 109 Å². The van der Waals surface area contributed by atoms with Crippen LogP contribution in [-0.4, -0.2) is 47.7 Å². The minimum atomic E-state index is -3.58. The van der Waals surface area contributed by atoms with E-state index in [-0.39, 0.29) is 22.0 Å². The maximum atomic E-state index is 12.3. The lowest BCUT2D eigenvalue weighted by molar-refractivity contribution is 0.203. The van der Waals surface area contributed by atoms with Crippen molar-refractivity contribution < 1.29 is 13.5 Å². The van der Waals surface area contributed by atoms with Gasteiger partial charge in [0.2, 0.25) is 9.47 Å². The summed E-state index contributed by atoms with van der Waals surface area (Å²) in [6, 6.07) is 0. The number of nitrogens with zero attached hydrogens (tertiary/aromatic N) is 3. The quantitative estimate of drug-likeness (QED) is 0.802. The first-order valence-corrected chi connectivity index (χ1v) is 7.99. The number of aliphatic hydroxyl groups excluding tert-OH is 1. The predicted molar refractivity (Wildman–Crippen MR) is 67.5 cm³/mol. The molecule has 0 aliphatic carbocycles. The van der Waals surface area contributed by atoms with Crippen molar-refractivity contribution in [2.45, 2.75) is 23.6 Å². The van der Waals surface area contributed by atoms with E-state index in [1.165, 1.54) is 4.31 Å². The molecule has 1 fully saturated rings. The van der Waals surface area contributed by atoms with Crippen LogP contribution >= 0.6 is 11.3 Å². The van der Waals surface area contributed by atoms with Crippen LogP contribution in [0.2, 0.25) is 0 Å². The molecule has 1 aliphatic heterocycles. The molecule has 0 spiro atoms. The molecule has 1 aromatic heterocycles. The zero-order valence-electron chi connectivity index (χ0n) is 9.82. The molecule has 1 atom stereocenters. The Bertz CT molecular complexity index is 500. The molecule has 7 nitrogen and oxygen atoms in total. The monoisotopic (exact) mass is 292 g/mol. The van der Waals surface area contributed by atoms with E-state index in [9.17, 15) is 8.42 Å². The summed E-state index contributed by atoms with van der Waals surface area (Å²) < 4.78 is 25.9. The SMILES string of the molecule is Nc1nnc(S(=O)(=O)N2CCCC(CCO)C2)s1. The van der Waals surface area contributed by atoms with Gasteiger partial charge in [-0.3, -0.25) is 0 Å². The number of hydrogen-bond acceptors (Lipinski definition) is 7. The molecular weight excluding hydrogens is 276 g/mol. The maximum Gasteiger partial charge on any atom is 0.272 e. The van der Waals surface area contributed by atoms with Crippen molar-refractivity contribution in [2.75, 3.05) is 25.4 Å². The number of sulfonamides is 1. The molecule has 9 heteroatoms. The number of aliphatic hydroxyl groups is 1. The van der Waals surface area contributed by atoms with Crippen LogP contribution in [0.15, 0.2) is 4.34 Å². The lowest BCUT2D eigenvalue weighted by Crippen LogP contribution is -2.40. The van der Waals surface area contributed by atoms with Crippen LogP contribution in [-0.2, 0) is 10.0 Å². The van der Waals surface area contributed by atoms with Gasteiger partial charge >= 0.3 is 0 Å². The second-order valence-electron chi connectivity index (χ2n) is 4.29. The van der Waals surface area contributed by atoms with Gasteiger partial charge in [-0.05, 0) is 25.2 Å². The lowest BCUT2D eigenvalue weighted by Gasteiger charge is -2.30. The third kappa shape index (κ3) is 2.79. The zero-order valence-corrected chi connectivity index (χ0v) is 11.5. The van der Waals surface area contributed by atoms with Gasteiger partial charge in [0.1, 0.15) is 0 Å². The molecular formula is C9H16N4O3S2. The lowest BCUT2D eigenvalue weighted by atomic mass is 9.97. The smallest absolute Gasteiger partial charge is 0.272 e. The minimum Gasteiger partial charge on any atom is -0.396 e. The van der Waals surface area contributed by atoms with Crippen molar-refractivity contribution in [3.05, 3.63) is 0 Å². The Morgan fingerprint density at radius 1 is 1.50 bits per heavy atom. The third-order valence-electron chi connectivity index (χ3n) is 3.00. The number of nitrogens with two attached hydrogens (primary N) is 1. The fourth-order valence-corrected chi connectivity index (χ4v) is 4.58. The van der Waals surface area contributed by atoms with Crippen molar-refractivity contribution >= 4 is 26.5 Å². The highest BCUT2D eigenvalue weighted by Gasteiger charge is 2.32. The van der Waals surface area contributed by atoms with E-state index in [1.807, 2.05) is 0 Å². The fourth-order valence-electron chi connectivity index (χ4n) is 2.10. The van der Waals surface area contributed by atoms with Gasteiger partial charge < -0.3 is 10.8 Å². The van der Waals surface area contributed by atoms with Gasteiger partial charge in [0.05, 0.1) is 0 Å². The van der Waals surface area contributed by atoms with Gasteiger partial charge in [0.25, 0.3) is 10.0 Å². The molecule has 3 N–H and O–H groups in total. The van der Waals surface area contributed by atoms with Crippen LogP contribution in [0, 0.1) is 5.92 Å². The molecule has 0 bridgehead atoms. The summed E-state index contributed by atoms with van der Waals surface area (Å²) in [5.41, 5.74) is 5.41. The van der Waals surface area contributed by atoms with Crippen molar-refractivity contribution in [1.82, 2.24) is 14.5 Å². The van der Waals surface area contributed by atoms with E-state index in [0.29, 0.717) is 19.5 Å². The van der Waals surface area contributed by atoms with Crippen LogP contribution in [0.5, 0.6) is 0 Å². The Morgan fingerprint density at radius 3 is 2.89 bits per heavy atom. The molecule has 2 rings (SSSR count). The third-order valence-corrected chi connectivity index (χ3v) is 5.97. The highest BCUT2D eigenvalue weighted by atomic mass is 32.2. The first kappa shape index (κ1) is 13.7. The van der Waals surface area contributed by atoms with Crippen molar-refractivity contribution in [1.29, 1.82) is 0 Å². The summed E-state index contributed by atoms with van der Waals surface area (Å²) in [6.45, 7) is 1.01. The number of aromatic nitrogens is 2. The van der Waals surface area contributed by atoms with Gasteiger partial charge in [-0.1, -0.05) is 11.3 Å². The molecule has 0 saturated carbocycles. The molecule has 0 radical (unpaired) electrons. The van der Waals surface area contributed by atoms with E-state index in [1.54, 1.807) is 0 Å². The number of piperidine rings is 1. The maximum absolute atomic E-state index is 12.3. The highest BCUT2D eigenvalue weighted by molar-refractivity contribution is 7.91. The molecule has 102 valence electrons. The van der Waals surface area contributed by atoms with E-state index in [0.717, 1.165) is 24.2 Å². The van der Waals surface area contributed by atoms with Crippen LogP contribution < -0.4 is 5.73 Å². The molecule has 1 unspecified atom stereocenters. The first-order chi connectivity index (χ1) is 8.54. The second-order valence-corrected chi connectivity index (χ2v) is 7.41. The molecule has 18 heavy (non-hydrogen) atoms. The van der Waals surface area contributed by atoms with Crippen molar-refractivity contribution in [3.8, 4) is 0 Å².